The lowest BCUT2D eigenvalue weighted by atomic mass is 9.80. The lowest BCUT2D eigenvalue weighted by Crippen LogP contribution is -2.61. The molecule has 0 bridgehead atoms. The summed E-state index contributed by atoms with van der Waals surface area (Å²) in [4.78, 5) is 2.26. The molecule has 0 amide bonds. The molecular weight excluding hydrogens is 215 g/mol. The van der Waals surface area contributed by atoms with Crippen LogP contribution in [-0.4, -0.2) is 43.3 Å². The molecule has 0 aromatic rings. The van der Waals surface area contributed by atoms with Crippen LogP contribution in [0.1, 0.15) is 40.0 Å². The third-order valence-corrected chi connectivity index (χ3v) is 3.83. The molecule has 0 spiro atoms. The van der Waals surface area contributed by atoms with Crippen molar-refractivity contribution in [1.82, 2.24) is 10.2 Å². The Morgan fingerprint density at radius 1 is 1.24 bits per heavy atom. The van der Waals surface area contributed by atoms with Crippen LogP contribution in [-0.2, 0) is 0 Å². The Morgan fingerprint density at radius 2 is 1.82 bits per heavy atom. The number of alkyl halides is 1. The van der Waals surface area contributed by atoms with Crippen molar-refractivity contribution in [3.63, 3.8) is 0 Å². The van der Waals surface area contributed by atoms with Gasteiger partial charge in [0.05, 0.1) is 0 Å². The summed E-state index contributed by atoms with van der Waals surface area (Å²) in [7, 11) is 0. The van der Waals surface area contributed by atoms with Gasteiger partial charge in [-0.25, -0.2) is 4.39 Å². The van der Waals surface area contributed by atoms with Crippen LogP contribution in [0.25, 0.3) is 0 Å². The zero-order valence-corrected chi connectivity index (χ0v) is 11.6. The van der Waals surface area contributed by atoms with Crippen molar-refractivity contribution in [3.8, 4) is 0 Å². The summed E-state index contributed by atoms with van der Waals surface area (Å²) < 4.78 is 14.5. The van der Waals surface area contributed by atoms with Gasteiger partial charge in [-0.1, -0.05) is 20.8 Å². The number of piperidine rings is 1. The van der Waals surface area contributed by atoms with Crippen LogP contribution in [0.15, 0.2) is 0 Å². The first-order valence-electron chi connectivity index (χ1n) is 6.98. The Morgan fingerprint density at radius 3 is 2.35 bits per heavy atom. The lowest BCUT2D eigenvalue weighted by Gasteiger charge is -2.48. The molecule has 0 aromatic heterocycles. The van der Waals surface area contributed by atoms with Crippen LogP contribution in [0.2, 0.25) is 0 Å². The Labute approximate surface area is 105 Å². The van der Waals surface area contributed by atoms with E-state index in [2.05, 4.69) is 31.0 Å². The molecule has 2 nitrogen and oxygen atoms in total. The molecule has 0 aliphatic carbocycles. The van der Waals surface area contributed by atoms with Crippen LogP contribution in [0, 0.1) is 11.3 Å². The molecule has 2 aliphatic heterocycles. The third-order valence-electron chi connectivity index (χ3n) is 3.83. The monoisotopic (exact) mass is 242 g/mol. The molecule has 0 saturated carbocycles. The number of halogens is 1. The lowest BCUT2D eigenvalue weighted by molar-refractivity contribution is -0.0631. The normalized spacial score (nSPS) is 26.8. The molecule has 17 heavy (non-hydrogen) atoms. The molecule has 2 aliphatic rings. The summed E-state index contributed by atoms with van der Waals surface area (Å²) in [6.45, 7) is 11.2. The van der Waals surface area contributed by atoms with Gasteiger partial charge in [-0.05, 0) is 43.7 Å². The van der Waals surface area contributed by atoms with Crippen molar-refractivity contribution in [2.75, 3.05) is 32.7 Å². The largest absolute Gasteiger partial charge is 0.317 e. The topological polar surface area (TPSA) is 15.3 Å². The predicted molar refractivity (Wildman–Crippen MR) is 69.9 cm³/mol. The van der Waals surface area contributed by atoms with Gasteiger partial charge in [0.2, 0.25) is 0 Å². The fourth-order valence-corrected chi connectivity index (χ4v) is 3.27. The Balaban J connectivity index is 1.72. The quantitative estimate of drug-likeness (QED) is 0.818. The maximum absolute atomic E-state index is 14.5. The summed E-state index contributed by atoms with van der Waals surface area (Å²) in [5, 5.41) is 3.34. The second kappa shape index (κ2) is 4.85. The van der Waals surface area contributed by atoms with E-state index >= 15 is 0 Å². The minimum Gasteiger partial charge on any atom is -0.317 e. The average Bonchev–Trinajstić information content (AvgIpc) is 2.14. The second-order valence-corrected chi connectivity index (χ2v) is 7.25. The maximum Gasteiger partial charge on any atom is 0.136 e. The van der Waals surface area contributed by atoms with Gasteiger partial charge in [0, 0.05) is 19.6 Å². The highest BCUT2D eigenvalue weighted by atomic mass is 19.1. The molecular formula is C14H27FN2. The first-order valence-corrected chi connectivity index (χ1v) is 6.98. The summed E-state index contributed by atoms with van der Waals surface area (Å²) in [6, 6.07) is 0. The van der Waals surface area contributed by atoms with Gasteiger partial charge < -0.3 is 5.32 Å². The molecule has 3 heteroatoms. The molecule has 2 fully saturated rings. The Kier molecular flexibility index (Phi) is 3.79. The fraction of sp³-hybridized carbons (Fsp3) is 1.00. The van der Waals surface area contributed by atoms with Crippen molar-refractivity contribution >= 4 is 0 Å². The van der Waals surface area contributed by atoms with E-state index < -0.39 is 5.67 Å². The van der Waals surface area contributed by atoms with E-state index in [1.807, 2.05) is 0 Å². The third kappa shape index (κ3) is 3.92. The van der Waals surface area contributed by atoms with E-state index in [1.54, 1.807) is 0 Å². The first-order chi connectivity index (χ1) is 7.86. The molecule has 0 unspecified atom stereocenters. The van der Waals surface area contributed by atoms with Crippen molar-refractivity contribution < 1.29 is 4.39 Å². The maximum atomic E-state index is 14.5. The van der Waals surface area contributed by atoms with Crippen molar-refractivity contribution in [1.29, 1.82) is 0 Å². The van der Waals surface area contributed by atoms with Crippen LogP contribution in [0.5, 0.6) is 0 Å². The van der Waals surface area contributed by atoms with E-state index in [0.29, 0.717) is 19.0 Å². The van der Waals surface area contributed by atoms with E-state index in [4.69, 9.17) is 0 Å². The molecule has 0 aromatic carbocycles. The Bertz CT molecular complexity index is 247. The van der Waals surface area contributed by atoms with Crippen LogP contribution >= 0.6 is 0 Å². The summed E-state index contributed by atoms with van der Waals surface area (Å²) in [6.07, 6.45) is 3.10. The molecule has 1 N–H and O–H groups in total. The number of nitrogens with one attached hydrogen (secondary N) is 1. The highest BCUT2D eigenvalue weighted by Gasteiger charge is 2.45. The van der Waals surface area contributed by atoms with Gasteiger partial charge in [-0.2, -0.15) is 0 Å². The van der Waals surface area contributed by atoms with Gasteiger partial charge in [0.25, 0.3) is 0 Å². The molecule has 2 rings (SSSR count). The standard InChI is InChI=1S/C14H27FN2/c1-13(2,3)9-17-10-14(15,11-17)8-12-4-6-16-7-5-12/h12,16H,4-11H2,1-3H3. The van der Waals surface area contributed by atoms with E-state index in [1.165, 1.54) is 0 Å². The van der Waals surface area contributed by atoms with Crippen molar-refractivity contribution in [2.24, 2.45) is 11.3 Å². The van der Waals surface area contributed by atoms with Gasteiger partial charge in [-0.3, -0.25) is 4.90 Å². The first kappa shape index (κ1) is 13.3. The predicted octanol–water partition coefficient (Wildman–Crippen LogP) is 2.45. The molecule has 0 radical (unpaired) electrons. The molecule has 100 valence electrons. The Hall–Kier alpha value is -0.150. The smallest absolute Gasteiger partial charge is 0.136 e. The summed E-state index contributed by atoms with van der Waals surface area (Å²) >= 11 is 0. The molecule has 2 saturated heterocycles. The fourth-order valence-electron chi connectivity index (χ4n) is 3.27. The number of likely N-dealkylation sites (tertiary alicyclic amines) is 1. The van der Waals surface area contributed by atoms with E-state index in [-0.39, 0.29) is 5.41 Å². The van der Waals surface area contributed by atoms with E-state index in [0.717, 1.165) is 38.9 Å². The van der Waals surface area contributed by atoms with Crippen LogP contribution in [0.3, 0.4) is 0 Å². The number of rotatable bonds is 3. The second-order valence-electron chi connectivity index (χ2n) is 7.25. The van der Waals surface area contributed by atoms with Crippen LogP contribution < -0.4 is 5.32 Å². The number of nitrogens with zero attached hydrogens (tertiary/aromatic N) is 1. The van der Waals surface area contributed by atoms with Gasteiger partial charge in [0.1, 0.15) is 5.67 Å². The summed E-state index contributed by atoms with van der Waals surface area (Å²) in [5.41, 5.74) is -0.594. The van der Waals surface area contributed by atoms with E-state index in [9.17, 15) is 4.39 Å². The van der Waals surface area contributed by atoms with Crippen molar-refractivity contribution in [2.45, 2.75) is 45.7 Å². The zero-order chi connectivity index (χ0) is 12.5. The highest BCUT2D eigenvalue weighted by Crippen LogP contribution is 2.36. The van der Waals surface area contributed by atoms with Crippen LogP contribution in [0.4, 0.5) is 4.39 Å². The van der Waals surface area contributed by atoms with Crippen molar-refractivity contribution in [3.05, 3.63) is 0 Å². The SMILES string of the molecule is CC(C)(C)CN1CC(F)(CC2CCNCC2)C1. The van der Waals surface area contributed by atoms with Gasteiger partial charge >= 0.3 is 0 Å². The highest BCUT2D eigenvalue weighted by molar-refractivity contribution is 4.98. The minimum atomic E-state index is -0.882. The number of hydrogen-bond donors (Lipinski definition) is 1. The zero-order valence-electron chi connectivity index (χ0n) is 11.6. The van der Waals surface area contributed by atoms with Gasteiger partial charge in [-0.15, -0.1) is 0 Å². The molecule has 0 atom stereocenters. The number of hydrogen-bond acceptors (Lipinski definition) is 2. The average molecular weight is 242 g/mol. The summed E-state index contributed by atoms with van der Waals surface area (Å²) in [5.74, 6) is 0.609. The van der Waals surface area contributed by atoms with Gasteiger partial charge in [0.15, 0.2) is 0 Å². The molecule has 2 heterocycles. The minimum absolute atomic E-state index is 0.288.